The summed E-state index contributed by atoms with van der Waals surface area (Å²) < 4.78 is 0. The lowest BCUT2D eigenvalue weighted by molar-refractivity contribution is -0.142. The van der Waals surface area contributed by atoms with Crippen LogP contribution in [0.3, 0.4) is 0 Å². The molecule has 0 aliphatic rings. The molecule has 1 rings (SSSR count). The maximum Gasteiger partial charge on any atom is 0.326 e. The van der Waals surface area contributed by atoms with Crippen molar-refractivity contribution in [3.05, 3.63) is 29.8 Å². The molecule has 14 nitrogen and oxygen atoms in total. The van der Waals surface area contributed by atoms with Crippen molar-refractivity contribution in [2.45, 2.75) is 43.4 Å². The minimum absolute atomic E-state index is 0.0259. The zero-order valence-electron chi connectivity index (χ0n) is 18.1. The number of benzene rings is 1. The molecule has 0 aliphatic heterocycles. The van der Waals surface area contributed by atoms with Crippen LogP contribution in [0.2, 0.25) is 0 Å². The van der Waals surface area contributed by atoms with Crippen LogP contribution in [-0.4, -0.2) is 87.4 Å². The Morgan fingerprint density at radius 2 is 1.29 bits per heavy atom. The fourth-order valence-electron chi connectivity index (χ4n) is 2.71. The molecule has 14 heteroatoms. The van der Waals surface area contributed by atoms with Crippen LogP contribution in [0.4, 0.5) is 0 Å². The van der Waals surface area contributed by atoms with Crippen LogP contribution < -0.4 is 27.4 Å². The van der Waals surface area contributed by atoms with E-state index in [-0.39, 0.29) is 25.0 Å². The second-order valence-electron chi connectivity index (χ2n) is 7.37. The molecule has 34 heavy (non-hydrogen) atoms. The number of nitrogens with one attached hydrogen (secondary N) is 3. The summed E-state index contributed by atoms with van der Waals surface area (Å²) in [6, 6.07) is -0.130. The van der Waals surface area contributed by atoms with Crippen molar-refractivity contribution in [2.75, 3.05) is 13.2 Å². The molecule has 0 fully saturated rings. The molecule has 0 spiro atoms. The quantitative estimate of drug-likeness (QED) is 0.124. The molecule has 11 N–H and O–H groups in total. The van der Waals surface area contributed by atoms with Crippen molar-refractivity contribution in [1.82, 2.24) is 16.0 Å². The highest BCUT2D eigenvalue weighted by molar-refractivity contribution is 5.94. The molecule has 0 aliphatic carbocycles. The first kappa shape index (κ1) is 28.3. The van der Waals surface area contributed by atoms with Gasteiger partial charge in [0, 0.05) is 12.8 Å². The Morgan fingerprint density at radius 3 is 1.74 bits per heavy atom. The summed E-state index contributed by atoms with van der Waals surface area (Å²) >= 11 is 0. The summed E-state index contributed by atoms with van der Waals surface area (Å²) in [6.07, 6.45) is -0.418. The highest BCUT2D eigenvalue weighted by Gasteiger charge is 2.30. The number of primary amides is 1. The lowest BCUT2D eigenvalue weighted by Crippen LogP contribution is -2.59. The number of aliphatic carboxylic acids is 1. The zero-order valence-corrected chi connectivity index (χ0v) is 18.1. The SMILES string of the molecule is NC(=O)CCC(N)C(=O)NC(CO)C(=O)NC(CO)C(=O)NC(Cc1ccc(O)cc1)C(=O)O. The lowest BCUT2D eigenvalue weighted by Gasteiger charge is -2.23. The Morgan fingerprint density at radius 1 is 0.824 bits per heavy atom. The van der Waals surface area contributed by atoms with Crippen LogP contribution in [0.25, 0.3) is 0 Å². The van der Waals surface area contributed by atoms with Crippen molar-refractivity contribution in [1.29, 1.82) is 0 Å². The van der Waals surface area contributed by atoms with E-state index in [1.54, 1.807) is 0 Å². The summed E-state index contributed by atoms with van der Waals surface area (Å²) in [5.41, 5.74) is 11.1. The smallest absolute Gasteiger partial charge is 0.326 e. The number of nitrogens with two attached hydrogens (primary N) is 2. The van der Waals surface area contributed by atoms with Gasteiger partial charge in [-0.3, -0.25) is 19.2 Å². The number of carboxylic acids is 1. The van der Waals surface area contributed by atoms with Gasteiger partial charge in [0.05, 0.1) is 19.3 Å². The van der Waals surface area contributed by atoms with Crippen molar-refractivity contribution in [3.8, 4) is 5.75 Å². The van der Waals surface area contributed by atoms with E-state index in [1.165, 1.54) is 24.3 Å². The van der Waals surface area contributed by atoms with E-state index in [9.17, 15) is 44.4 Å². The standard InChI is InChI=1S/C20H29N5O9/c21-12(5-6-16(22)29)17(30)24-14(8-26)19(32)25-15(9-27)18(31)23-13(20(33)34)7-10-1-3-11(28)4-2-10/h1-4,12-15,26-28H,5-9,21H2,(H2,22,29)(H,23,31)(H,24,30)(H,25,32)(H,33,34). The zero-order chi connectivity index (χ0) is 25.8. The number of aliphatic hydroxyl groups is 2. The van der Waals surface area contributed by atoms with Gasteiger partial charge in [-0.25, -0.2) is 4.79 Å². The Kier molecular flexibility index (Phi) is 11.4. The second-order valence-corrected chi connectivity index (χ2v) is 7.37. The van der Waals surface area contributed by atoms with Crippen LogP contribution in [0.1, 0.15) is 18.4 Å². The minimum Gasteiger partial charge on any atom is -0.508 e. The molecular formula is C20H29N5O9. The van der Waals surface area contributed by atoms with Gasteiger partial charge in [0.2, 0.25) is 23.6 Å². The molecule has 4 atom stereocenters. The van der Waals surface area contributed by atoms with Crippen molar-refractivity contribution in [2.24, 2.45) is 11.5 Å². The molecule has 0 radical (unpaired) electrons. The van der Waals surface area contributed by atoms with E-state index >= 15 is 0 Å². The van der Waals surface area contributed by atoms with Crippen LogP contribution in [0.5, 0.6) is 5.75 Å². The number of phenols is 1. The van der Waals surface area contributed by atoms with E-state index in [2.05, 4.69) is 16.0 Å². The third-order valence-electron chi connectivity index (χ3n) is 4.66. The third-order valence-corrected chi connectivity index (χ3v) is 4.66. The Bertz CT molecular complexity index is 878. The number of carboxylic acid groups (broad SMARTS) is 1. The lowest BCUT2D eigenvalue weighted by atomic mass is 10.1. The molecule has 1 aromatic carbocycles. The number of rotatable bonds is 14. The number of aromatic hydroxyl groups is 1. The van der Waals surface area contributed by atoms with E-state index in [1.807, 2.05) is 0 Å². The number of phenolic OH excluding ortho intramolecular Hbond substituents is 1. The van der Waals surface area contributed by atoms with Gasteiger partial charge in [0.15, 0.2) is 0 Å². The topological polar surface area (TPSA) is 254 Å². The van der Waals surface area contributed by atoms with Gasteiger partial charge in [0.1, 0.15) is 23.9 Å². The third kappa shape index (κ3) is 9.40. The summed E-state index contributed by atoms with van der Waals surface area (Å²) in [5, 5.41) is 44.1. The Hall–Kier alpha value is -3.75. The first-order chi connectivity index (χ1) is 16.0. The number of hydrogen-bond acceptors (Lipinski definition) is 9. The van der Waals surface area contributed by atoms with Gasteiger partial charge in [-0.1, -0.05) is 12.1 Å². The van der Waals surface area contributed by atoms with Crippen LogP contribution in [-0.2, 0) is 30.4 Å². The Balaban J connectivity index is 2.75. The molecule has 1 aromatic rings. The average Bonchev–Trinajstić information content (AvgIpc) is 2.79. The summed E-state index contributed by atoms with van der Waals surface area (Å²) in [6.45, 7) is -1.79. The molecule has 0 heterocycles. The number of amides is 4. The highest BCUT2D eigenvalue weighted by Crippen LogP contribution is 2.11. The van der Waals surface area contributed by atoms with Gasteiger partial charge in [0.25, 0.3) is 0 Å². The molecular weight excluding hydrogens is 454 g/mol. The number of carbonyl (C=O) groups is 5. The molecule has 0 aromatic heterocycles. The molecule has 0 saturated heterocycles. The van der Waals surface area contributed by atoms with Crippen molar-refractivity contribution >= 4 is 29.6 Å². The number of carbonyl (C=O) groups excluding carboxylic acids is 4. The molecule has 188 valence electrons. The molecule has 0 bridgehead atoms. The normalized spacial score (nSPS) is 14.2. The van der Waals surface area contributed by atoms with Gasteiger partial charge >= 0.3 is 5.97 Å². The summed E-state index contributed by atoms with van der Waals surface area (Å²) in [5.74, 6) is -5.01. The van der Waals surface area contributed by atoms with E-state index < -0.39 is 67.0 Å². The second kappa shape index (κ2) is 13.7. The predicted octanol–water partition coefficient (Wildman–Crippen LogP) is -3.95. The van der Waals surface area contributed by atoms with Crippen LogP contribution in [0, 0.1) is 0 Å². The Labute approximate surface area is 194 Å². The van der Waals surface area contributed by atoms with Gasteiger partial charge < -0.3 is 47.8 Å². The first-order valence-electron chi connectivity index (χ1n) is 10.2. The van der Waals surface area contributed by atoms with E-state index in [0.717, 1.165) is 0 Å². The first-order valence-corrected chi connectivity index (χ1v) is 10.2. The van der Waals surface area contributed by atoms with Crippen molar-refractivity contribution in [3.63, 3.8) is 0 Å². The fraction of sp³-hybridized carbons (Fsp3) is 0.450. The molecule has 4 amide bonds. The number of hydrogen-bond donors (Lipinski definition) is 9. The van der Waals surface area contributed by atoms with Crippen LogP contribution >= 0.6 is 0 Å². The minimum atomic E-state index is -1.59. The summed E-state index contributed by atoms with van der Waals surface area (Å²) in [7, 11) is 0. The van der Waals surface area contributed by atoms with E-state index in [0.29, 0.717) is 5.56 Å². The summed E-state index contributed by atoms with van der Waals surface area (Å²) in [4.78, 5) is 59.2. The van der Waals surface area contributed by atoms with Crippen LogP contribution in [0.15, 0.2) is 24.3 Å². The van der Waals surface area contributed by atoms with E-state index in [4.69, 9.17) is 11.5 Å². The number of aliphatic hydroxyl groups excluding tert-OH is 2. The fourth-order valence-corrected chi connectivity index (χ4v) is 2.71. The predicted molar refractivity (Wildman–Crippen MR) is 116 cm³/mol. The van der Waals surface area contributed by atoms with Gasteiger partial charge in [-0.05, 0) is 24.1 Å². The maximum atomic E-state index is 12.5. The highest BCUT2D eigenvalue weighted by atomic mass is 16.4. The van der Waals surface area contributed by atoms with Crippen molar-refractivity contribution < 1.29 is 44.4 Å². The van der Waals surface area contributed by atoms with Gasteiger partial charge in [-0.2, -0.15) is 0 Å². The molecule has 0 saturated carbocycles. The monoisotopic (exact) mass is 483 g/mol. The average molecular weight is 483 g/mol. The molecule has 4 unspecified atom stereocenters. The maximum absolute atomic E-state index is 12.5. The van der Waals surface area contributed by atoms with Gasteiger partial charge in [-0.15, -0.1) is 0 Å². The largest absolute Gasteiger partial charge is 0.508 e.